The molecule has 2 N–H and O–H groups in total. The van der Waals surface area contributed by atoms with Gasteiger partial charge in [-0.05, 0) is 38.1 Å². The van der Waals surface area contributed by atoms with Gasteiger partial charge >= 0.3 is 0 Å². The Balaban J connectivity index is 3.18. The molecule has 0 spiro atoms. The van der Waals surface area contributed by atoms with Crippen molar-refractivity contribution in [2.45, 2.75) is 31.2 Å². The van der Waals surface area contributed by atoms with Crippen LogP contribution < -0.4 is 4.74 Å². The van der Waals surface area contributed by atoms with Crippen molar-refractivity contribution in [2.75, 3.05) is 7.11 Å². The second-order valence-corrected chi connectivity index (χ2v) is 5.62. The molecule has 1 aromatic rings. The Morgan fingerprint density at radius 2 is 1.56 bits per heavy atom. The molecular weight excluding hydrogens is 258 g/mol. The number of hydrogen-bond acceptors (Lipinski definition) is 5. The molecule has 1 rings (SSSR count). The van der Waals surface area contributed by atoms with Gasteiger partial charge in [0.05, 0.1) is 12.0 Å². The molecule has 0 bridgehead atoms. The number of hydrogen-bond donors (Lipinski definition) is 2. The van der Waals surface area contributed by atoms with Gasteiger partial charge in [0.25, 0.3) is 0 Å². The monoisotopic (exact) mass is 275 g/mol. The molecule has 0 amide bonds. The first-order valence-corrected chi connectivity index (χ1v) is 6.78. The van der Waals surface area contributed by atoms with E-state index in [-0.39, 0.29) is 4.90 Å². The van der Waals surface area contributed by atoms with E-state index in [1.807, 2.05) is 0 Å². The molecule has 6 nitrogen and oxygen atoms in total. The summed E-state index contributed by atoms with van der Waals surface area (Å²) in [4.78, 5) is -0.0231. The van der Waals surface area contributed by atoms with Crippen LogP contribution in [0, 0.1) is 0 Å². The summed E-state index contributed by atoms with van der Waals surface area (Å²) < 4.78 is 29.9. The minimum atomic E-state index is -3.95. The van der Waals surface area contributed by atoms with Crippen molar-refractivity contribution in [2.24, 2.45) is 0 Å². The van der Waals surface area contributed by atoms with E-state index in [4.69, 9.17) is 4.74 Å². The van der Waals surface area contributed by atoms with E-state index >= 15 is 0 Å². The van der Waals surface area contributed by atoms with Crippen LogP contribution in [0.15, 0.2) is 29.2 Å². The minimum absolute atomic E-state index is 0.0231. The van der Waals surface area contributed by atoms with Gasteiger partial charge < -0.3 is 14.9 Å². The summed E-state index contributed by atoms with van der Waals surface area (Å²) in [5.41, 5.74) is 0. The van der Waals surface area contributed by atoms with Crippen molar-refractivity contribution in [1.82, 2.24) is 4.31 Å². The smallest absolute Gasteiger partial charge is 0.247 e. The van der Waals surface area contributed by atoms with Crippen LogP contribution in [0.4, 0.5) is 0 Å². The molecular formula is C11H17NO5S. The lowest BCUT2D eigenvalue weighted by Crippen LogP contribution is -2.44. The number of nitrogens with zero attached hydrogens (tertiary/aromatic N) is 1. The zero-order valence-electron chi connectivity index (χ0n) is 10.4. The van der Waals surface area contributed by atoms with Gasteiger partial charge in [-0.15, -0.1) is 4.31 Å². The van der Waals surface area contributed by atoms with Crippen LogP contribution >= 0.6 is 0 Å². The molecule has 2 unspecified atom stereocenters. The quantitative estimate of drug-likeness (QED) is 0.758. The van der Waals surface area contributed by atoms with E-state index < -0.39 is 22.5 Å². The largest absolute Gasteiger partial charge is 0.497 e. The summed E-state index contributed by atoms with van der Waals surface area (Å²) in [6, 6.07) is 5.70. The van der Waals surface area contributed by atoms with Crippen molar-refractivity contribution in [3.8, 4) is 5.75 Å². The summed E-state index contributed by atoms with van der Waals surface area (Å²) >= 11 is 0. The third-order valence-corrected chi connectivity index (χ3v) is 4.40. The van der Waals surface area contributed by atoms with Gasteiger partial charge in [-0.1, -0.05) is 0 Å². The summed E-state index contributed by atoms with van der Waals surface area (Å²) in [7, 11) is -2.47. The Morgan fingerprint density at radius 1 is 1.11 bits per heavy atom. The Bertz CT molecular complexity index is 473. The first kappa shape index (κ1) is 14.9. The number of methoxy groups -OCH3 is 1. The fourth-order valence-electron chi connectivity index (χ4n) is 1.58. The second-order valence-electron chi connectivity index (χ2n) is 3.77. The lowest BCUT2D eigenvalue weighted by Gasteiger charge is -2.27. The van der Waals surface area contributed by atoms with Crippen LogP contribution in [0.25, 0.3) is 0 Å². The van der Waals surface area contributed by atoms with Crippen LogP contribution in [0.2, 0.25) is 0 Å². The number of rotatable bonds is 5. The lowest BCUT2D eigenvalue weighted by atomic mass is 10.3. The number of aliphatic hydroxyl groups is 2. The highest BCUT2D eigenvalue weighted by molar-refractivity contribution is 7.89. The number of ether oxygens (including phenoxy) is 1. The SMILES string of the molecule is COc1ccc(S(=O)(=O)N(C(C)O)C(C)O)cc1. The zero-order chi connectivity index (χ0) is 13.9. The van der Waals surface area contributed by atoms with E-state index in [2.05, 4.69) is 0 Å². The highest BCUT2D eigenvalue weighted by atomic mass is 32.2. The Morgan fingerprint density at radius 3 is 1.89 bits per heavy atom. The van der Waals surface area contributed by atoms with Gasteiger partial charge in [0.15, 0.2) is 0 Å². The highest BCUT2D eigenvalue weighted by Gasteiger charge is 2.31. The molecule has 0 fully saturated rings. The van der Waals surface area contributed by atoms with Crippen molar-refractivity contribution in [1.29, 1.82) is 0 Å². The maximum atomic E-state index is 12.2. The summed E-state index contributed by atoms with van der Waals surface area (Å²) in [5.74, 6) is 0.523. The average Bonchev–Trinajstić information content (AvgIpc) is 2.27. The molecule has 2 atom stereocenters. The summed E-state index contributed by atoms with van der Waals surface area (Å²) in [6.07, 6.45) is -2.64. The Hall–Kier alpha value is -1.15. The van der Waals surface area contributed by atoms with Gasteiger partial charge in [0.2, 0.25) is 10.0 Å². The van der Waals surface area contributed by atoms with Crippen LogP contribution in [0.3, 0.4) is 0 Å². The normalized spacial score (nSPS) is 15.4. The maximum Gasteiger partial charge on any atom is 0.247 e. The first-order valence-electron chi connectivity index (χ1n) is 5.34. The van der Waals surface area contributed by atoms with Gasteiger partial charge in [0, 0.05) is 0 Å². The van der Waals surface area contributed by atoms with Crippen molar-refractivity contribution < 1.29 is 23.4 Å². The molecule has 0 aliphatic rings. The molecule has 1 aromatic carbocycles. The van der Waals surface area contributed by atoms with Gasteiger partial charge in [-0.25, -0.2) is 8.42 Å². The van der Waals surface area contributed by atoms with E-state index in [1.165, 1.54) is 45.2 Å². The lowest BCUT2D eigenvalue weighted by molar-refractivity contribution is -0.0239. The predicted octanol–water partition coefficient (Wildman–Crippen LogP) is 0.362. The summed E-state index contributed by atoms with van der Waals surface area (Å²) in [5, 5.41) is 18.9. The summed E-state index contributed by atoms with van der Waals surface area (Å²) in [6.45, 7) is 2.54. The number of aliphatic hydroxyl groups excluding tert-OH is 2. The third kappa shape index (κ3) is 2.99. The molecule has 0 radical (unpaired) electrons. The third-order valence-electron chi connectivity index (χ3n) is 2.37. The second kappa shape index (κ2) is 5.66. The van der Waals surface area contributed by atoms with E-state index in [0.29, 0.717) is 10.1 Å². The van der Waals surface area contributed by atoms with Crippen molar-refractivity contribution >= 4 is 10.0 Å². The molecule has 102 valence electrons. The van der Waals surface area contributed by atoms with Crippen LogP contribution in [0.1, 0.15) is 13.8 Å². The first-order chi connectivity index (χ1) is 8.30. The topological polar surface area (TPSA) is 87.1 Å². The van der Waals surface area contributed by atoms with Gasteiger partial charge in [-0.3, -0.25) is 0 Å². The molecule has 0 saturated heterocycles. The Kier molecular flexibility index (Phi) is 4.69. The predicted molar refractivity (Wildman–Crippen MR) is 65.4 cm³/mol. The Labute approximate surface area is 106 Å². The molecule has 0 saturated carbocycles. The van der Waals surface area contributed by atoms with Crippen molar-refractivity contribution in [3.05, 3.63) is 24.3 Å². The molecule has 7 heteroatoms. The average molecular weight is 275 g/mol. The molecule has 0 heterocycles. The minimum Gasteiger partial charge on any atom is -0.497 e. The standard InChI is InChI=1S/C11H17NO5S/c1-8(13)12(9(2)14)18(15,16)11-6-4-10(17-3)5-7-11/h4-9,13-14H,1-3H3. The fourth-order valence-corrected chi connectivity index (χ4v) is 3.11. The van der Waals surface area contributed by atoms with Crippen LogP contribution in [0.5, 0.6) is 5.75 Å². The molecule has 18 heavy (non-hydrogen) atoms. The molecule has 0 aliphatic heterocycles. The highest BCUT2D eigenvalue weighted by Crippen LogP contribution is 2.21. The van der Waals surface area contributed by atoms with E-state index in [9.17, 15) is 18.6 Å². The molecule has 0 aliphatic carbocycles. The maximum absolute atomic E-state index is 12.2. The van der Waals surface area contributed by atoms with Crippen LogP contribution in [-0.4, -0.2) is 42.5 Å². The van der Waals surface area contributed by atoms with E-state index in [1.54, 1.807) is 0 Å². The number of sulfonamides is 1. The van der Waals surface area contributed by atoms with Gasteiger partial charge in [-0.2, -0.15) is 0 Å². The number of benzene rings is 1. The van der Waals surface area contributed by atoms with E-state index in [0.717, 1.165) is 0 Å². The van der Waals surface area contributed by atoms with Crippen molar-refractivity contribution in [3.63, 3.8) is 0 Å². The van der Waals surface area contributed by atoms with Gasteiger partial charge in [0.1, 0.15) is 18.2 Å². The molecule has 0 aromatic heterocycles. The fraction of sp³-hybridized carbons (Fsp3) is 0.455. The van der Waals surface area contributed by atoms with Crippen LogP contribution in [-0.2, 0) is 10.0 Å². The zero-order valence-corrected chi connectivity index (χ0v) is 11.3.